The van der Waals surface area contributed by atoms with Crippen LogP contribution in [0.25, 0.3) is 0 Å². The fourth-order valence-electron chi connectivity index (χ4n) is 4.07. The molecule has 0 radical (unpaired) electrons. The van der Waals surface area contributed by atoms with Gasteiger partial charge in [-0.25, -0.2) is 0 Å². The SMILES string of the molecule is CCc1ccc(Cc2cccc3c2O[C@@]2(C3)O[C@H](CO)[C@@H](O)[C@H](O)[C@H]2O)cc1. The van der Waals surface area contributed by atoms with Crippen molar-refractivity contribution in [2.45, 2.75) is 56.4 Å². The normalized spacial score (nSPS) is 31.6. The first-order valence-electron chi connectivity index (χ1n) is 9.68. The third-order valence-corrected chi connectivity index (χ3v) is 5.75. The molecule has 2 aromatic rings. The summed E-state index contributed by atoms with van der Waals surface area (Å²) in [5, 5.41) is 40.3. The minimum atomic E-state index is -1.52. The second-order valence-electron chi connectivity index (χ2n) is 7.61. The van der Waals surface area contributed by atoms with Crippen molar-refractivity contribution < 1.29 is 29.9 Å². The van der Waals surface area contributed by atoms with Crippen molar-refractivity contribution in [3.05, 3.63) is 64.7 Å². The summed E-state index contributed by atoms with van der Waals surface area (Å²) in [6.45, 7) is 1.63. The minimum absolute atomic E-state index is 0.229. The highest BCUT2D eigenvalue weighted by Crippen LogP contribution is 2.44. The summed E-state index contributed by atoms with van der Waals surface area (Å²) in [6.07, 6.45) is -3.44. The lowest BCUT2D eigenvalue weighted by Crippen LogP contribution is -2.67. The van der Waals surface area contributed by atoms with Gasteiger partial charge in [0.1, 0.15) is 30.2 Å². The first-order valence-corrected chi connectivity index (χ1v) is 9.68. The van der Waals surface area contributed by atoms with E-state index in [0.717, 1.165) is 23.1 Å². The van der Waals surface area contributed by atoms with Gasteiger partial charge in [0.25, 0.3) is 0 Å². The van der Waals surface area contributed by atoms with Crippen LogP contribution in [0.2, 0.25) is 0 Å². The van der Waals surface area contributed by atoms with Gasteiger partial charge >= 0.3 is 0 Å². The highest BCUT2D eigenvalue weighted by atomic mass is 16.7. The number of para-hydroxylation sites is 1. The Bertz CT molecular complexity index is 833. The Balaban J connectivity index is 1.62. The van der Waals surface area contributed by atoms with E-state index in [1.165, 1.54) is 5.56 Å². The van der Waals surface area contributed by atoms with Crippen LogP contribution < -0.4 is 4.74 Å². The van der Waals surface area contributed by atoms with Gasteiger partial charge in [-0.1, -0.05) is 49.4 Å². The number of fused-ring (bicyclic) bond motifs is 1. The van der Waals surface area contributed by atoms with Crippen molar-refractivity contribution in [2.24, 2.45) is 0 Å². The van der Waals surface area contributed by atoms with Gasteiger partial charge in [0.15, 0.2) is 0 Å². The van der Waals surface area contributed by atoms with Crippen LogP contribution in [0.3, 0.4) is 0 Å². The van der Waals surface area contributed by atoms with E-state index >= 15 is 0 Å². The summed E-state index contributed by atoms with van der Waals surface area (Å²) in [7, 11) is 0. The Morgan fingerprint density at radius 2 is 1.71 bits per heavy atom. The molecule has 0 saturated carbocycles. The summed E-state index contributed by atoms with van der Waals surface area (Å²) < 4.78 is 11.9. The van der Waals surface area contributed by atoms with Gasteiger partial charge in [0, 0.05) is 18.4 Å². The Labute approximate surface area is 164 Å². The van der Waals surface area contributed by atoms with Crippen LogP contribution in [0.4, 0.5) is 0 Å². The molecule has 2 aliphatic heterocycles. The maximum Gasteiger partial charge on any atom is 0.244 e. The zero-order chi connectivity index (χ0) is 19.9. The molecule has 150 valence electrons. The topological polar surface area (TPSA) is 99.4 Å². The smallest absolute Gasteiger partial charge is 0.244 e. The lowest BCUT2D eigenvalue weighted by Gasteiger charge is -2.45. The van der Waals surface area contributed by atoms with Crippen LogP contribution in [-0.2, 0) is 24.0 Å². The summed E-state index contributed by atoms with van der Waals surface area (Å²) in [5.41, 5.74) is 4.24. The molecule has 4 rings (SSSR count). The van der Waals surface area contributed by atoms with Crippen LogP contribution in [0.5, 0.6) is 5.75 Å². The predicted molar refractivity (Wildman–Crippen MR) is 102 cm³/mol. The van der Waals surface area contributed by atoms with Crippen molar-refractivity contribution in [2.75, 3.05) is 6.61 Å². The molecule has 28 heavy (non-hydrogen) atoms. The first-order chi connectivity index (χ1) is 13.5. The quantitative estimate of drug-likeness (QED) is 0.624. The van der Waals surface area contributed by atoms with Gasteiger partial charge in [-0.15, -0.1) is 0 Å². The van der Waals surface area contributed by atoms with Crippen LogP contribution in [0.1, 0.15) is 29.2 Å². The highest BCUT2D eigenvalue weighted by molar-refractivity contribution is 5.48. The lowest BCUT2D eigenvalue weighted by molar-refractivity contribution is -0.330. The molecule has 4 N–H and O–H groups in total. The summed E-state index contributed by atoms with van der Waals surface area (Å²) >= 11 is 0. The Morgan fingerprint density at radius 3 is 2.39 bits per heavy atom. The van der Waals surface area contributed by atoms with E-state index in [0.29, 0.717) is 12.2 Å². The molecular formula is C22H26O6. The second kappa shape index (κ2) is 7.46. The zero-order valence-electron chi connectivity index (χ0n) is 15.8. The molecule has 2 aromatic carbocycles. The van der Waals surface area contributed by atoms with Gasteiger partial charge < -0.3 is 29.9 Å². The minimum Gasteiger partial charge on any atom is -0.458 e. The molecule has 1 saturated heterocycles. The van der Waals surface area contributed by atoms with Gasteiger partial charge in [-0.3, -0.25) is 0 Å². The zero-order valence-corrected chi connectivity index (χ0v) is 15.8. The maximum atomic E-state index is 10.6. The average Bonchev–Trinajstić information content (AvgIpc) is 3.10. The van der Waals surface area contributed by atoms with Crippen LogP contribution in [0, 0.1) is 0 Å². The number of hydrogen-bond donors (Lipinski definition) is 4. The van der Waals surface area contributed by atoms with Gasteiger partial charge in [0.05, 0.1) is 6.61 Å². The molecule has 6 nitrogen and oxygen atoms in total. The number of hydrogen-bond acceptors (Lipinski definition) is 6. The van der Waals surface area contributed by atoms with E-state index in [1.807, 2.05) is 18.2 Å². The van der Waals surface area contributed by atoms with E-state index in [1.54, 1.807) is 0 Å². The fourth-order valence-corrected chi connectivity index (χ4v) is 4.07. The van der Waals surface area contributed by atoms with Crippen molar-refractivity contribution in [3.8, 4) is 5.75 Å². The number of rotatable bonds is 4. The number of benzene rings is 2. The van der Waals surface area contributed by atoms with Crippen molar-refractivity contribution >= 4 is 0 Å². The Morgan fingerprint density at radius 1 is 1.00 bits per heavy atom. The Hall–Kier alpha value is -1.96. The van der Waals surface area contributed by atoms with Crippen LogP contribution >= 0.6 is 0 Å². The number of aryl methyl sites for hydroxylation is 1. The molecule has 0 aromatic heterocycles. The maximum absolute atomic E-state index is 10.6. The van der Waals surface area contributed by atoms with Gasteiger partial charge in [0.2, 0.25) is 5.79 Å². The monoisotopic (exact) mass is 386 g/mol. The largest absolute Gasteiger partial charge is 0.458 e. The molecule has 2 aliphatic rings. The average molecular weight is 386 g/mol. The molecule has 0 unspecified atom stereocenters. The molecule has 0 amide bonds. The molecule has 1 fully saturated rings. The van der Waals surface area contributed by atoms with Crippen molar-refractivity contribution in [3.63, 3.8) is 0 Å². The summed E-state index contributed by atoms with van der Waals surface area (Å²) in [6, 6.07) is 14.2. The van der Waals surface area contributed by atoms with Gasteiger partial charge in [-0.2, -0.15) is 0 Å². The van der Waals surface area contributed by atoms with Crippen molar-refractivity contribution in [1.82, 2.24) is 0 Å². The molecule has 1 spiro atoms. The number of ether oxygens (including phenoxy) is 2. The number of aliphatic hydroxyl groups excluding tert-OH is 4. The van der Waals surface area contributed by atoms with Crippen molar-refractivity contribution in [1.29, 1.82) is 0 Å². The van der Waals surface area contributed by atoms with E-state index in [-0.39, 0.29) is 6.42 Å². The third kappa shape index (κ3) is 3.21. The van der Waals surface area contributed by atoms with E-state index < -0.39 is 36.8 Å². The molecule has 2 heterocycles. The summed E-state index contributed by atoms with van der Waals surface area (Å²) in [5.74, 6) is -0.891. The molecule has 0 aliphatic carbocycles. The fraction of sp³-hybridized carbons (Fsp3) is 0.455. The first kappa shape index (κ1) is 19.4. The standard InChI is InChI=1S/C22H26O6/c1-2-13-6-8-14(9-7-13)10-15-4-3-5-16-11-22(28-20(15)16)21(26)19(25)18(24)17(12-23)27-22/h3-9,17-19,21,23-26H,2,10-12H2,1H3/t17-,18-,19+,21-,22-/m1/s1. The Kier molecular flexibility index (Phi) is 5.16. The molecule has 0 bridgehead atoms. The molecule has 5 atom stereocenters. The van der Waals surface area contributed by atoms with E-state index in [9.17, 15) is 20.4 Å². The van der Waals surface area contributed by atoms with E-state index in [4.69, 9.17) is 9.47 Å². The van der Waals surface area contributed by atoms with E-state index in [2.05, 4.69) is 31.2 Å². The predicted octanol–water partition coefficient (Wildman–Crippen LogP) is 0.945. The third-order valence-electron chi connectivity index (χ3n) is 5.75. The summed E-state index contributed by atoms with van der Waals surface area (Å²) in [4.78, 5) is 0. The highest BCUT2D eigenvalue weighted by Gasteiger charge is 2.58. The lowest BCUT2D eigenvalue weighted by atomic mass is 9.90. The second-order valence-corrected chi connectivity index (χ2v) is 7.61. The number of aliphatic hydroxyl groups is 4. The van der Waals surface area contributed by atoms with Crippen LogP contribution in [-0.4, -0.2) is 57.2 Å². The molecule has 6 heteroatoms. The molecular weight excluding hydrogens is 360 g/mol. The van der Waals surface area contributed by atoms with Crippen LogP contribution in [0.15, 0.2) is 42.5 Å². The van der Waals surface area contributed by atoms with Gasteiger partial charge in [-0.05, 0) is 23.1 Å².